The van der Waals surface area contributed by atoms with E-state index in [0.717, 1.165) is 0 Å². The van der Waals surface area contributed by atoms with Crippen LogP contribution in [0, 0.1) is 11.3 Å². The minimum absolute atomic E-state index is 0.0739. The van der Waals surface area contributed by atoms with Gasteiger partial charge in [0.15, 0.2) is 5.69 Å². The van der Waals surface area contributed by atoms with Crippen molar-refractivity contribution in [3.8, 4) is 6.07 Å². The summed E-state index contributed by atoms with van der Waals surface area (Å²) >= 11 is 0. The molecular formula is C21H27N5O5. The van der Waals surface area contributed by atoms with E-state index in [2.05, 4.69) is 15.6 Å². The zero-order valence-electron chi connectivity index (χ0n) is 17.7. The highest BCUT2D eigenvalue weighted by Crippen LogP contribution is 2.13. The van der Waals surface area contributed by atoms with E-state index in [1.165, 1.54) is 11.2 Å². The Kier molecular flexibility index (Phi) is 10.0. The van der Waals surface area contributed by atoms with Crippen molar-refractivity contribution in [3.05, 3.63) is 47.7 Å². The van der Waals surface area contributed by atoms with Gasteiger partial charge in [0.2, 0.25) is 5.89 Å². The maximum Gasteiger partial charge on any atom is 0.322 e. The molecule has 166 valence electrons. The van der Waals surface area contributed by atoms with Crippen molar-refractivity contribution in [1.82, 2.24) is 15.2 Å². The molecule has 0 fully saturated rings. The Hall–Kier alpha value is -3.42. The van der Waals surface area contributed by atoms with Crippen molar-refractivity contribution in [2.24, 2.45) is 0 Å². The third-order valence-corrected chi connectivity index (χ3v) is 4.23. The quantitative estimate of drug-likeness (QED) is 0.496. The van der Waals surface area contributed by atoms with Crippen molar-refractivity contribution < 1.29 is 23.5 Å². The molecule has 0 atom stereocenters. The number of methoxy groups -OCH3 is 2. The third kappa shape index (κ3) is 8.08. The molecule has 1 aromatic carbocycles. The van der Waals surface area contributed by atoms with Crippen molar-refractivity contribution in [2.75, 3.05) is 45.8 Å². The number of nitrogens with zero attached hydrogens (tertiary/aromatic N) is 3. The van der Waals surface area contributed by atoms with E-state index >= 15 is 0 Å². The Morgan fingerprint density at radius 3 is 2.74 bits per heavy atom. The van der Waals surface area contributed by atoms with E-state index < -0.39 is 0 Å². The van der Waals surface area contributed by atoms with Crippen LogP contribution in [0.25, 0.3) is 0 Å². The molecular weight excluding hydrogens is 402 g/mol. The summed E-state index contributed by atoms with van der Waals surface area (Å²) in [6.45, 7) is 1.95. The maximum atomic E-state index is 12.8. The second-order valence-electron chi connectivity index (χ2n) is 6.62. The van der Waals surface area contributed by atoms with Crippen LogP contribution in [0.5, 0.6) is 0 Å². The summed E-state index contributed by atoms with van der Waals surface area (Å²) in [4.78, 5) is 30.6. The monoisotopic (exact) mass is 429 g/mol. The predicted molar refractivity (Wildman–Crippen MR) is 112 cm³/mol. The number of nitriles is 1. The molecule has 0 spiro atoms. The Bertz CT molecular complexity index is 892. The highest BCUT2D eigenvalue weighted by Gasteiger charge is 2.19. The highest BCUT2D eigenvalue weighted by atomic mass is 16.5. The molecule has 0 unspecified atom stereocenters. The van der Waals surface area contributed by atoms with Gasteiger partial charge in [-0.25, -0.2) is 9.78 Å². The maximum absolute atomic E-state index is 12.8. The summed E-state index contributed by atoms with van der Waals surface area (Å²) < 4.78 is 15.4. The number of urea groups is 1. The van der Waals surface area contributed by atoms with Gasteiger partial charge in [0, 0.05) is 46.2 Å². The number of carbonyl (C=O) groups is 2. The van der Waals surface area contributed by atoms with Gasteiger partial charge in [-0.3, -0.25) is 4.79 Å². The smallest absolute Gasteiger partial charge is 0.322 e. The molecule has 0 aliphatic rings. The Morgan fingerprint density at radius 1 is 1.23 bits per heavy atom. The number of oxazole rings is 1. The van der Waals surface area contributed by atoms with E-state index in [1.54, 1.807) is 38.5 Å². The van der Waals surface area contributed by atoms with E-state index in [-0.39, 0.29) is 30.1 Å². The number of ether oxygens (including phenoxy) is 2. The zero-order chi connectivity index (χ0) is 22.5. The molecule has 3 amide bonds. The minimum Gasteiger partial charge on any atom is -0.446 e. The standard InChI is InChI=1S/C21H27N5O5/c1-29-10-4-8-23-20(27)18-15-31-19(25-18)14-26(9-5-11-30-2)21(28)24-17-7-3-6-16(12-17)13-22/h3,6-7,12,15H,4-5,8-11,14H2,1-2H3,(H,23,27)(H,24,28). The summed E-state index contributed by atoms with van der Waals surface area (Å²) in [5.41, 5.74) is 1.09. The van der Waals surface area contributed by atoms with Gasteiger partial charge < -0.3 is 29.4 Å². The lowest BCUT2D eigenvalue weighted by Crippen LogP contribution is -2.36. The number of anilines is 1. The van der Waals surface area contributed by atoms with Gasteiger partial charge in [-0.2, -0.15) is 5.26 Å². The molecule has 0 saturated heterocycles. The molecule has 1 heterocycles. The van der Waals surface area contributed by atoms with E-state index in [0.29, 0.717) is 50.4 Å². The van der Waals surface area contributed by atoms with Crippen LogP contribution in [0.4, 0.5) is 10.5 Å². The lowest BCUT2D eigenvalue weighted by Gasteiger charge is -2.21. The fourth-order valence-electron chi connectivity index (χ4n) is 2.68. The fraction of sp³-hybridized carbons (Fsp3) is 0.429. The van der Waals surface area contributed by atoms with Crippen molar-refractivity contribution in [3.63, 3.8) is 0 Å². The lowest BCUT2D eigenvalue weighted by atomic mass is 10.2. The van der Waals surface area contributed by atoms with Gasteiger partial charge in [0.1, 0.15) is 6.26 Å². The average Bonchev–Trinajstić information content (AvgIpc) is 3.25. The molecule has 10 heteroatoms. The van der Waals surface area contributed by atoms with Gasteiger partial charge in [-0.1, -0.05) is 6.07 Å². The number of rotatable bonds is 12. The number of benzene rings is 1. The van der Waals surface area contributed by atoms with Crippen molar-refractivity contribution >= 4 is 17.6 Å². The number of amides is 3. The molecule has 0 saturated carbocycles. The first-order valence-electron chi connectivity index (χ1n) is 9.84. The molecule has 1 aromatic heterocycles. The first-order valence-corrected chi connectivity index (χ1v) is 9.84. The lowest BCUT2D eigenvalue weighted by molar-refractivity contribution is 0.0943. The van der Waals surface area contributed by atoms with Gasteiger partial charge in [0.25, 0.3) is 5.91 Å². The van der Waals surface area contributed by atoms with Crippen molar-refractivity contribution in [2.45, 2.75) is 19.4 Å². The minimum atomic E-state index is -0.380. The molecule has 0 radical (unpaired) electrons. The van der Waals surface area contributed by atoms with E-state index in [9.17, 15) is 9.59 Å². The summed E-state index contributed by atoms with van der Waals surface area (Å²) in [5, 5.41) is 14.5. The molecule has 10 nitrogen and oxygen atoms in total. The predicted octanol–water partition coefficient (Wildman–Crippen LogP) is 2.38. The summed E-state index contributed by atoms with van der Waals surface area (Å²) in [5.74, 6) is -0.116. The van der Waals surface area contributed by atoms with Crippen LogP contribution < -0.4 is 10.6 Å². The number of aromatic nitrogens is 1. The molecule has 0 aliphatic heterocycles. The van der Waals surface area contributed by atoms with Crippen LogP contribution in [-0.2, 0) is 16.0 Å². The van der Waals surface area contributed by atoms with E-state index in [4.69, 9.17) is 19.2 Å². The van der Waals surface area contributed by atoms with Crippen LogP contribution in [0.15, 0.2) is 34.9 Å². The molecule has 31 heavy (non-hydrogen) atoms. The SMILES string of the molecule is COCCCNC(=O)c1coc(CN(CCCOC)C(=O)Nc2cccc(C#N)c2)n1. The Morgan fingerprint density at radius 2 is 2.00 bits per heavy atom. The number of hydrogen-bond donors (Lipinski definition) is 2. The molecule has 0 bridgehead atoms. The Balaban J connectivity index is 2.01. The van der Waals surface area contributed by atoms with Crippen LogP contribution in [0.1, 0.15) is 34.8 Å². The van der Waals surface area contributed by atoms with Gasteiger partial charge in [-0.05, 0) is 31.0 Å². The van der Waals surface area contributed by atoms with Gasteiger partial charge >= 0.3 is 6.03 Å². The zero-order valence-corrected chi connectivity index (χ0v) is 17.7. The van der Waals surface area contributed by atoms with Gasteiger partial charge in [0.05, 0.1) is 18.2 Å². The molecule has 0 aliphatic carbocycles. The first kappa shape index (κ1) is 23.9. The second-order valence-corrected chi connectivity index (χ2v) is 6.62. The topological polar surface area (TPSA) is 130 Å². The molecule has 2 aromatic rings. The van der Waals surface area contributed by atoms with Crippen molar-refractivity contribution in [1.29, 1.82) is 5.26 Å². The first-order chi connectivity index (χ1) is 15.1. The molecule has 2 rings (SSSR count). The number of hydrogen-bond acceptors (Lipinski definition) is 7. The number of nitrogens with one attached hydrogen (secondary N) is 2. The largest absolute Gasteiger partial charge is 0.446 e. The van der Waals surface area contributed by atoms with Crippen LogP contribution in [0.3, 0.4) is 0 Å². The number of carbonyl (C=O) groups excluding carboxylic acids is 2. The Labute approximate surface area is 181 Å². The third-order valence-electron chi connectivity index (χ3n) is 4.23. The normalized spacial score (nSPS) is 10.4. The van der Waals surface area contributed by atoms with Crippen LogP contribution >= 0.6 is 0 Å². The molecule has 2 N–H and O–H groups in total. The summed E-state index contributed by atoms with van der Waals surface area (Å²) in [6.07, 6.45) is 2.56. The second kappa shape index (κ2) is 13.0. The average molecular weight is 429 g/mol. The van der Waals surface area contributed by atoms with Crippen LogP contribution in [0.2, 0.25) is 0 Å². The van der Waals surface area contributed by atoms with Gasteiger partial charge in [-0.15, -0.1) is 0 Å². The highest BCUT2D eigenvalue weighted by molar-refractivity contribution is 5.92. The van der Waals surface area contributed by atoms with Crippen LogP contribution in [-0.4, -0.2) is 62.3 Å². The van der Waals surface area contributed by atoms with E-state index in [1.807, 2.05) is 6.07 Å². The fourth-order valence-corrected chi connectivity index (χ4v) is 2.68. The summed E-state index contributed by atoms with van der Waals surface area (Å²) in [6, 6.07) is 8.28. The summed E-state index contributed by atoms with van der Waals surface area (Å²) in [7, 11) is 3.18.